The van der Waals surface area contributed by atoms with Crippen LogP contribution in [-0.4, -0.2) is 10.2 Å². The van der Waals surface area contributed by atoms with Crippen LogP contribution in [0.4, 0.5) is 5.69 Å². The Hall–Kier alpha value is -1.90. The summed E-state index contributed by atoms with van der Waals surface area (Å²) in [5, 5.41) is 7.88. The predicted molar refractivity (Wildman–Crippen MR) is 60.4 cm³/mol. The molecule has 3 nitrogen and oxygen atoms in total. The molecule has 0 saturated heterocycles. The molecule has 0 spiro atoms. The van der Waals surface area contributed by atoms with Gasteiger partial charge in [-0.1, -0.05) is 24.3 Å². The Labute approximate surface area is 89.0 Å². The van der Waals surface area contributed by atoms with E-state index in [0.29, 0.717) is 5.69 Å². The molecular weight excluding hydrogens is 186 g/mol. The normalized spacial score (nSPS) is 10.2. The lowest BCUT2D eigenvalue weighted by Gasteiger charge is -2.04. The lowest BCUT2D eigenvalue weighted by molar-refractivity contribution is 0.936. The molecule has 1 aromatic heterocycles. The van der Waals surface area contributed by atoms with Crippen LogP contribution in [0.3, 0.4) is 0 Å². The van der Waals surface area contributed by atoms with Crippen molar-refractivity contribution in [1.29, 1.82) is 0 Å². The molecular formula is C12H13N3. The Bertz CT molecular complexity index is 466. The van der Waals surface area contributed by atoms with Crippen LogP contribution in [0.25, 0.3) is 0 Å². The molecule has 0 aliphatic carbocycles. The Kier molecular flexibility index (Phi) is 2.63. The first-order valence-electron chi connectivity index (χ1n) is 4.87. The van der Waals surface area contributed by atoms with Gasteiger partial charge in [0, 0.05) is 6.42 Å². The van der Waals surface area contributed by atoms with E-state index in [1.54, 1.807) is 6.20 Å². The molecule has 2 rings (SSSR count). The molecule has 0 aliphatic heterocycles. The third-order valence-electron chi connectivity index (χ3n) is 2.36. The van der Waals surface area contributed by atoms with Crippen molar-refractivity contribution in [2.45, 2.75) is 13.3 Å². The number of benzene rings is 1. The van der Waals surface area contributed by atoms with E-state index in [4.69, 9.17) is 5.73 Å². The second kappa shape index (κ2) is 4.09. The Morgan fingerprint density at radius 2 is 2.07 bits per heavy atom. The maximum atomic E-state index is 5.65. The summed E-state index contributed by atoms with van der Waals surface area (Å²) in [5.74, 6) is 0. The van der Waals surface area contributed by atoms with E-state index in [0.717, 1.165) is 12.1 Å². The molecule has 0 saturated carbocycles. The molecule has 0 unspecified atom stereocenters. The zero-order chi connectivity index (χ0) is 10.7. The minimum atomic E-state index is 0.661. The number of aromatic nitrogens is 2. The van der Waals surface area contributed by atoms with Gasteiger partial charge < -0.3 is 5.73 Å². The maximum Gasteiger partial charge on any atom is 0.0726 e. The summed E-state index contributed by atoms with van der Waals surface area (Å²) in [5.41, 5.74) is 9.74. The highest BCUT2D eigenvalue weighted by molar-refractivity contribution is 5.37. The van der Waals surface area contributed by atoms with Gasteiger partial charge in [0.1, 0.15) is 0 Å². The number of hydrogen-bond donors (Lipinski definition) is 1. The average Bonchev–Trinajstić information content (AvgIpc) is 2.22. The van der Waals surface area contributed by atoms with E-state index >= 15 is 0 Å². The second-order valence-corrected chi connectivity index (χ2v) is 3.58. The summed E-state index contributed by atoms with van der Waals surface area (Å²) in [6.45, 7) is 2.09. The van der Waals surface area contributed by atoms with E-state index in [2.05, 4.69) is 29.3 Å². The smallest absolute Gasteiger partial charge is 0.0726 e. The molecule has 0 radical (unpaired) electrons. The summed E-state index contributed by atoms with van der Waals surface area (Å²) in [7, 11) is 0. The van der Waals surface area contributed by atoms with Crippen molar-refractivity contribution < 1.29 is 0 Å². The monoisotopic (exact) mass is 199 g/mol. The maximum absolute atomic E-state index is 5.65. The minimum absolute atomic E-state index is 0.661. The van der Waals surface area contributed by atoms with Gasteiger partial charge in [0.2, 0.25) is 0 Å². The van der Waals surface area contributed by atoms with Crippen LogP contribution in [0.2, 0.25) is 0 Å². The fraction of sp³-hybridized carbons (Fsp3) is 0.167. The van der Waals surface area contributed by atoms with Crippen molar-refractivity contribution in [2.24, 2.45) is 0 Å². The largest absolute Gasteiger partial charge is 0.397 e. The highest BCUT2D eigenvalue weighted by Crippen LogP contribution is 2.12. The Morgan fingerprint density at radius 3 is 2.80 bits per heavy atom. The van der Waals surface area contributed by atoms with Gasteiger partial charge in [-0.05, 0) is 24.1 Å². The van der Waals surface area contributed by atoms with E-state index in [9.17, 15) is 0 Å². The highest BCUT2D eigenvalue weighted by atomic mass is 15.1. The fourth-order valence-corrected chi connectivity index (χ4v) is 1.52. The SMILES string of the molecule is Cc1ccccc1Cc1cc(N)cnn1. The summed E-state index contributed by atoms with van der Waals surface area (Å²) in [6, 6.07) is 10.1. The van der Waals surface area contributed by atoms with Gasteiger partial charge in [-0.25, -0.2) is 0 Å². The van der Waals surface area contributed by atoms with Crippen molar-refractivity contribution >= 4 is 5.69 Å². The number of aryl methyl sites for hydroxylation is 1. The lowest BCUT2D eigenvalue weighted by Crippen LogP contribution is -1.98. The van der Waals surface area contributed by atoms with Crippen molar-refractivity contribution in [3.8, 4) is 0 Å². The van der Waals surface area contributed by atoms with Crippen LogP contribution in [0.1, 0.15) is 16.8 Å². The summed E-state index contributed by atoms with van der Waals surface area (Å²) >= 11 is 0. The molecule has 2 N–H and O–H groups in total. The van der Waals surface area contributed by atoms with Crippen LogP contribution in [0.15, 0.2) is 36.5 Å². The van der Waals surface area contributed by atoms with E-state index in [-0.39, 0.29) is 0 Å². The fourth-order valence-electron chi connectivity index (χ4n) is 1.52. The third-order valence-corrected chi connectivity index (χ3v) is 2.36. The zero-order valence-corrected chi connectivity index (χ0v) is 8.64. The molecule has 2 aromatic rings. The van der Waals surface area contributed by atoms with E-state index in [1.807, 2.05) is 18.2 Å². The van der Waals surface area contributed by atoms with E-state index < -0.39 is 0 Å². The molecule has 0 bridgehead atoms. The third kappa shape index (κ3) is 2.31. The number of nitrogens with zero attached hydrogens (tertiary/aromatic N) is 2. The molecule has 3 heteroatoms. The number of nitrogens with two attached hydrogens (primary N) is 1. The topological polar surface area (TPSA) is 51.8 Å². The number of nitrogen functional groups attached to an aromatic ring is 1. The molecule has 15 heavy (non-hydrogen) atoms. The first kappa shape index (κ1) is 9.65. The molecule has 0 fully saturated rings. The average molecular weight is 199 g/mol. The van der Waals surface area contributed by atoms with Gasteiger partial charge >= 0.3 is 0 Å². The van der Waals surface area contributed by atoms with Gasteiger partial charge in [0.25, 0.3) is 0 Å². The van der Waals surface area contributed by atoms with Gasteiger partial charge in [0.15, 0.2) is 0 Å². The molecule has 0 amide bonds. The van der Waals surface area contributed by atoms with E-state index in [1.165, 1.54) is 11.1 Å². The van der Waals surface area contributed by atoms with Crippen molar-refractivity contribution in [2.75, 3.05) is 5.73 Å². The number of anilines is 1. The standard InChI is InChI=1S/C12H13N3/c1-9-4-2-3-5-10(9)6-12-7-11(13)8-14-15-12/h2-5,7-8H,6H2,1H3,(H2,13,15). The summed E-state index contributed by atoms with van der Waals surface area (Å²) in [4.78, 5) is 0. The highest BCUT2D eigenvalue weighted by Gasteiger charge is 2.01. The van der Waals surface area contributed by atoms with Gasteiger partial charge in [0.05, 0.1) is 17.6 Å². The van der Waals surface area contributed by atoms with Crippen LogP contribution < -0.4 is 5.73 Å². The quantitative estimate of drug-likeness (QED) is 0.804. The van der Waals surface area contributed by atoms with Crippen LogP contribution in [0, 0.1) is 6.92 Å². The Morgan fingerprint density at radius 1 is 1.27 bits per heavy atom. The van der Waals surface area contributed by atoms with Crippen LogP contribution in [0.5, 0.6) is 0 Å². The predicted octanol–water partition coefficient (Wildman–Crippen LogP) is 1.96. The summed E-state index contributed by atoms with van der Waals surface area (Å²) < 4.78 is 0. The molecule has 1 heterocycles. The van der Waals surface area contributed by atoms with Crippen molar-refractivity contribution in [3.63, 3.8) is 0 Å². The van der Waals surface area contributed by atoms with Gasteiger partial charge in [-0.3, -0.25) is 0 Å². The molecule has 0 aliphatic rings. The van der Waals surface area contributed by atoms with Crippen molar-refractivity contribution in [1.82, 2.24) is 10.2 Å². The second-order valence-electron chi connectivity index (χ2n) is 3.58. The molecule has 1 aromatic carbocycles. The van der Waals surface area contributed by atoms with Crippen LogP contribution >= 0.6 is 0 Å². The zero-order valence-electron chi connectivity index (χ0n) is 8.64. The van der Waals surface area contributed by atoms with Crippen molar-refractivity contribution in [3.05, 3.63) is 53.3 Å². The number of hydrogen-bond acceptors (Lipinski definition) is 3. The molecule has 76 valence electrons. The first-order chi connectivity index (χ1) is 7.25. The molecule has 0 atom stereocenters. The Balaban J connectivity index is 2.26. The number of rotatable bonds is 2. The summed E-state index contributed by atoms with van der Waals surface area (Å²) in [6.07, 6.45) is 2.34. The first-order valence-corrected chi connectivity index (χ1v) is 4.87. The minimum Gasteiger partial charge on any atom is -0.397 e. The van der Waals surface area contributed by atoms with Gasteiger partial charge in [-0.2, -0.15) is 10.2 Å². The van der Waals surface area contributed by atoms with Gasteiger partial charge in [-0.15, -0.1) is 0 Å². The lowest BCUT2D eigenvalue weighted by atomic mass is 10.0. The van der Waals surface area contributed by atoms with Crippen LogP contribution in [-0.2, 0) is 6.42 Å².